The molecule has 0 N–H and O–H groups in total. The normalized spacial score (nSPS) is 11.1. The van der Waals surface area contributed by atoms with E-state index in [0.717, 1.165) is 0 Å². The summed E-state index contributed by atoms with van der Waals surface area (Å²) in [5.74, 6) is -1.23. The number of hydrogen-bond donors (Lipinski definition) is 0. The van der Waals surface area contributed by atoms with E-state index in [1.54, 1.807) is 0 Å². The molecule has 10 heavy (non-hydrogen) atoms. The van der Waals surface area contributed by atoms with Gasteiger partial charge in [-0.2, -0.15) is 13.2 Å². The lowest BCUT2D eigenvalue weighted by atomic mass is 10.8. The highest BCUT2D eigenvalue weighted by molar-refractivity contribution is 7.99. The lowest BCUT2D eigenvalue weighted by Gasteiger charge is -2.03. The minimum Gasteiger partial charge on any atom is -0.457 e. The van der Waals surface area contributed by atoms with Crippen molar-refractivity contribution >= 4 is 18.2 Å². The molecule has 0 aliphatic heterocycles. The number of alkyl halides is 3. The maximum absolute atomic E-state index is 11.3. The zero-order valence-electron chi connectivity index (χ0n) is 4.85. The van der Waals surface area contributed by atoms with Gasteiger partial charge >= 0.3 is 6.18 Å². The smallest absolute Gasteiger partial charge is 0.397 e. The monoisotopic (exact) mass is 174 g/mol. The predicted octanol–water partition coefficient (Wildman–Crippen LogP) is 1.41. The van der Waals surface area contributed by atoms with Crippen LogP contribution in [0.1, 0.15) is 0 Å². The maximum atomic E-state index is 11.3. The fourth-order valence-electron chi connectivity index (χ4n) is 0.233. The van der Waals surface area contributed by atoms with Crippen LogP contribution in [0.3, 0.4) is 0 Å². The van der Waals surface area contributed by atoms with Crippen LogP contribution in [-0.2, 0) is 9.53 Å². The number of thioether (sulfide) groups is 1. The molecule has 0 aromatic heterocycles. The standard InChI is InChI=1S/C4H5F3O2S/c5-4(6,7)1-10-3-9-2-8/h2H,1,3H2. The average molecular weight is 174 g/mol. The fraction of sp³-hybridized carbons (Fsp3) is 0.750. The molecule has 0 aliphatic rings. The van der Waals surface area contributed by atoms with Crippen molar-refractivity contribution in [1.82, 2.24) is 0 Å². The van der Waals surface area contributed by atoms with Crippen LogP contribution in [0, 0.1) is 0 Å². The molecule has 2 nitrogen and oxygen atoms in total. The van der Waals surface area contributed by atoms with Gasteiger partial charge in [-0.1, -0.05) is 0 Å². The maximum Gasteiger partial charge on any atom is 0.397 e. The second kappa shape index (κ2) is 4.43. The number of carbonyl (C=O) groups excluding carboxylic acids is 1. The molecule has 0 saturated carbocycles. The summed E-state index contributed by atoms with van der Waals surface area (Å²) in [5.41, 5.74) is 0. The van der Waals surface area contributed by atoms with Crippen LogP contribution in [0.25, 0.3) is 0 Å². The van der Waals surface area contributed by atoms with Crippen LogP contribution >= 0.6 is 11.8 Å². The van der Waals surface area contributed by atoms with Crippen molar-refractivity contribution in [3.05, 3.63) is 0 Å². The summed E-state index contributed by atoms with van der Waals surface area (Å²) in [6.45, 7) is 0.114. The topological polar surface area (TPSA) is 26.3 Å². The molecule has 0 atom stereocenters. The van der Waals surface area contributed by atoms with Crippen LogP contribution in [0.4, 0.5) is 13.2 Å². The third-order valence-corrected chi connectivity index (χ3v) is 1.32. The Morgan fingerprint density at radius 1 is 1.50 bits per heavy atom. The summed E-state index contributed by atoms with van der Waals surface area (Å²) in [6, 6.07) is 0. The molecule has 0 radical (unpaired) electrons. The second-order valence-corrected chi connectivity index (χ2v) is 2.28. The summed E-state index contributed by atoms with van der Waals surface area (Å²) >= 11 is 0.506. The van der Waals surface area contributed by atoms with E-state index in [2.05, 4.69) is 4.74 Å². The van der Waals surface area contributed by atoms with Gasteiger partial charge in [0.25, 0.3) is 6.47 Å². The Hall–Kier alpha value is -0.390. The molecular weight excluding hydrogens is 169 g/mol. The van der Waals surface area contributed by atoms with Gasteiger partial charge in [-0.15, -0.1) is 11.8 Å². The van der Waals surface area contributed by atoms with E-state index >= 15 is 0 Å². The van der Waals surface area contributed by atoms with E-state index in [0.29, 0.717) is 11.8 Å². The van der Waals surface area contributed by atoms with Crippen molar-refractivity contribution < 1.29 is 22.7 Å². The Kier molecular flexibility index (Phi) is 4.26. The highest BCUT2D eigenvalue weighted by Crippen LogP contribution is 2.20. The number of hydrogen-bond acceptors (Lipinski definition) is 3. The van der Waals surface area contributed by atoms with Crippen molar-refractivity contribution in [1.29, 1.82) is 0 Å². The van der Waals surface area contributed by atoms with Gasteiger partial charge < -0.3 is 4.74 Å². The zero-order chi connectivity index (χ0) is 8.04. The summed E-state index contributed by atoms with van der Waals surface area (Å²) in [5, 5.41) is 0. The van der Waals surface area contributed by atoms with Crippen LogP contribution in [0.2, 0.25) is 0 Å². The Labute approximate surface area is 59.7 Å². The molecule has 0 amide bonds. The quantitative estimate of drug-likeness (QED) is 0.366. The van der Waals surface area contributed by atoms with Crippen LogP contribution in [-0.4, -0.2) is 24.3 Å². The molecule has 0 aliphatic carbocycles. The van der Waals surface area contributed by atoms with Crippen molar-refractivity contribution in [2.45, 2.75) is 6.18 Å². The highest BCUT2D eigenvalue weighted by atomic mass is 32.2. The van der Waals surface area contributed by atoms with E-state index in [-0.39, 0.29) is 12.4 Å². The van der Waals surface area contributed by atoms with Gasteiger partial charge in [0.1, 0.15) is 5.94 Å². The van der Waals surface area contributed by atoms with E-state index in [1.165, 1.54) is 0 Å². The fourth-order valence-corrected chi connectivity index (χ4v) is 0.700. The van der Waals surface area contributed by atoms with Gasteiger partial charge in [0.05, 0.1) is 5.75 Å². The Morgan fingerprint density at radius 3 is 2.50 bits per heavy atom. The summed E-state index contributed by atoms with van der Waals surface area (Å²) in [7, 11) is 0. The van der Waals surface area contributed by atoms with Crippen molar-refractivity contribution in [2.24, 2.45) is 0 Å². The summed E-state index contributed by atoms with van der Waals surface area (Å²) in [6.07, 6.45) is -4.18. The van der Waals surface area contributed by atoms with E-state index in [1.807, 2.05) is 0 Å². The Balaban J connectivity index is 3.12. The second-order valence-electron chi connectivity index (χ2n) is 1.34. The van der Waals surface area contributed by atoms with Crippen molar-refractivity contribution in [3.8, 4) is 0 Å². The molecule has 0 fully saturated rings. The highest BCUT2D eigenvalue weighted by Gasteiger charge is 2.26. The molecule has 0 spiro atoms. The number of carbonyl (C=O) groups is 1. The number of halogens is 3. The van der Waals surface area contributed by atoms with E-state index < -0.39 is 11.9 Å². The molecule has 0 unspecified atom stereocenters. The van der Waals surface area contributed by atoms with Crippen LogP contribution in [0.5, 0.6) is 0 Å². The zero-order valence-corrected chi connectivity index (χ0v) is 5.67. The van der Waals surface area contributed by atoms with Crippen LogP contribution in [0.15, 0.2) is 0 Å². The molecule has 0 aromatic rings. The molecule has 6 heteroatoms. The number of rotatable bonds is 4. The lowest BCUT2D eigenvalue weighted by Crippen LogP contribution is -2.11. The summed E-state index contributed by atoms with van der Waals surface area (Å²) < 4.78 is 38.0. The van der Waals surface area contributed by atoms with Gasteiger partial charge in [-0.3, -0.25) is 4.79 Å². The van der Waals surface area contributed by atoms with Gasteiger partial charge in [-0.05, 0) is 0 Å². The third-order valence-electron chi connectivity index (χ3n) is 0.485. The van der Waals surface area contributed by atoms with Gasteiger partial charge in [0.2, 0.25) is 0 Å². The molecule has 60 valence electrons. The van der Waals surface area contributed by atoms with Crippen molar-refractivity contribution in [2.75, 3.05) is 11.7 Å². The molecule has 0 saturated heterocycles. The first-order chi connectivity index (χ1) is 4.56. The average Bonchev–Trinajstić information content (AvgIpc) is 1.78. The molecule has 0 heterocycles. The van der Waals surface area contributed by atoms with E-state index in [9.17, 15) is 18.0 Å². The predicted molar refractivity (Wildman–Crippen MR) is 30.5 cm³/mol. The van der Waals surface area contributed by atoms with Crippen molar-refractivity contribution in [3.63, 3.8) is 0 Å². The third kappa shape index (κ3) is 7.61. The first-order valence-electron chi connectivity index (χ1n) is 2.26. The summed E-state index contributed by atoms with van der Waals surface area (Å²) in [4.78, 5) is 9.41. The van der Waals surface area contributed by atoms with Gasteiger partial charge in [0.15, 0.2) is 0 Å². The van der Waals surface area contributed by atoms with Gasteiger partial charge in [-0.25, -0.2) is 0 Å². The van der Waals surface area contributed by atoms with E-state index in [4.69, 9.17) is 0 Å². The first kappa shape index (κ1) is 9.61. The molecule has 0 rings (SSSR count). The Morgan fingerprint density at radius 2 is 2.10 bits per heavy atom. The SMILES string of the molecule is O=COCSCC(F)(F)F. The lowest BCUT2D eigenvalue weighted by molar-refractivity contribution is -0.127. The first-order valence-corrected chi connectivity index (χ1v) is 3.41. The molecule has 0 aromatic carbocycles. The molecule has 0 bridgehead atoms. The minimum atomic E-state index is -4.18. The minimum absolute atomic E-state index is 0.114. The molecular formula is C4H5F3O2S. The number of ether oxygens (including phenoxy) is 1. The van der Waals surface area contributed by atoms with Gasteiger partial charge in [0, 0.05) is 0 Å². The largest absolute Gasteiger partial charge is 0.457 e. The van der Waals surface area contributed by atoms with Crippen LogP contribution < -0.4 is 0 Å². The Bertz CT molecular complexity index is 103.